The molecule has 0 fully saturated rings. The Morgan fingerprint density at radius 2 is 1.91 bits per heavy atom. The molecule has 5 heteroatoms. The summed E-state index contributed by atoms with van der Waals surface area (Å²) in [5.74, 6) is -0.284. The van der Waals surface area contributed by atoms with Gasteiger partial charge < -0.3 is 10.7 Å². The summed E-state index contributed by atoms with van der Waals surface area (Å²) >= 11 is 0. The average molecular weight is 318 g/mol. The fourth-order valence-electron chi connectivity index (χ4n) is 2.92. The molecule has 3 N–H and O–H groups in total. The predicted molar refractivity (Wildman–Crippen MR) is 85.4 cm³/mol. The molecule has 3 aromatic rings. The molecule has 0 unspecified atom stereocenters. The highest BCUT2D eigenvalue weighted by Crippen LogP contribution is 2.34. The molecular weight excluding hydrogens is 301 g/mol. The van der Waals surface area contributed by atoms with Crippen molar-refractivity contribution in [1.82, 2.24) is 4.98 Å². The summed E-state index contributed by atoms with van der Waals surface area (Å²) in [4.78, 5) is 3.17. The Kier molecular flexibility index (Phi) is 3.90. The summed E-state index contributed by atoms with van der Waals surface area (Å²) in [5, 5.41) is 0.998. The fourth-order valence-corrected chi connectivity index (χ4v) is 2.92. The van der Waals surface area contributed by atoms with Crippen LogP contribution in [0.2, 0.25) is 0 Å². The standard InChI is InChI=1S/C18H17F3N2/c1-11-5-6-17-14(7-11)16(10-23-17)15(9-22)12-3-2-4-13(8-12)18(19,20)21/h2-8,10,15,23H,9,22H2,1H3/t15-/m0/s1. The molecule has 1 atom stereocenters. The van der Waals surface area contributed by atoms with E-state index in [9.17, 15) is 13.2 Å². The number of aryl methyl sites for hydroxylation is 1. The average Bonchev–Trinajstić information content (AvgIpc) is 2.91. The number of nitrogens with two attached hydrogens (primary N) is 1. The normalized spacial score (nSPS) is 13.4. The van der Waals surface area contributed by atoms with Gasteiger partial charge in [0.15, 0.2) is 0 Å². The van der Waals surface area contributed by atoms with Gasteiger partial charge in [0, 0.05) is 29.6 Å². The van der Waals surface area contributed by atoms with Gasteiger partial charge in [0.25, 0.3) is 0 Å². The number of halogens is 3. The van der Waals surface area contributed by atoms with Crippen molar-refractivity contribution in [3.8, 4) is 0 Å². The first kappa shape index (κ1) is 15.6. The molecule has 1 heterocycles. The lowest BCUT2D eigenvalue weighted by Gasteiger charge is -2.17. The summed E-state index contributed by atoms with van der Waals surface area (Å²) in [6.07, 6.45) is -2.52. The van der Waals surface area contributed by atoms with E-state index >= 15 is 0 Å². The Hall–Kier alpha value is -2.27. The lowest BCUT2D eigenvalue weighted by Crippen LogP contribution is -2.15. The van der Waals surface area contributed by atoms with Gasteiger partial charge in [0.2, 0.25) is 0 Å². The SMILES string of the molecule is Cc1ccc2[nH]cc([C@@H](CN)c3cccc(C(F)(F)F)c3)c2c1. The van der Waals surface area contributed by atoms with Crippen LogP contribution < -0.4 is 5.73 Å². The highest BCUT2D eigenvalue weighted by molar-refractivity contribution is 5.85. The number of rotatable bonds is 3. The number of H-pyrrole nitrogens is 1. The zero-order valence-corrected chi connectivity index (χ0v) is 12.6. The van der Waals surface area contributed by atoms with Crippen LogP contribution in [0, 0.1) is 6.92 Å². The Balaban J connectivity index is 2.10. The molecule has 0 saturated carbocycles. The van der Waals surface area contributed by atoms with Crippen molar-refractivity contribution >= 4 is 10.9 Å². The van der Waals surface area contributed by atoms with Gasteiger partial charge in [0.1, 0.15) is 0 Å². The second-order valence-corrected chi connectivity index (χ2v) is 5.70. The first-order chi connectivity index (χ1) is 10.9. The molecule has 23 heavy (non-hydrogen) atoms. The van der Waals surface area contributed by atoms with Gasteiger partial charge in [-0.05, 0) is 36.2 Å². The number of benzene rings is 2. The van der Waals surface area contributed by atoms with E-state index in [1.54, 1.807) is 6.07 Å². The molecule has 0 radical (unpaired) electrons. The molecule has 0 amide bonds. The number of alkyl halides is 3. The molecule has 2 aromatic carbocycles. The van der Waals surface area contributed by atoms with Crippen LogP contribution in [0.5, 0.6) is 0 Å². The number of aromatic nitrogens is 1. The van der Waals surface area contributed by atoms with E-state index in [4.69, 9.17) is 5.73 Å². The van der Waals surface area contributed by atoms with E-state index in [0.29, 0.717) is 5.56 Å². The van der Waals surface area contributed by atoms with Crippen molar-refractivity contribution in [2.75, 3.05) is 6.54 Å². The van der Waals surface area contributed by atoms with Gasteiger partial charge in [-0.15, -0.1) is 0 Å². The summed E-state index contributed by atoms with van der Waals surface area (Å²) in [6, 6.07) is 11.4. The Labute approximate surface area is 132 Å². The van der Waals surface area contributed by atoms with E-state index in [1.165, 1.54) is 12.1 Å². The van der Waals surface area contributed by atoms with Crippen LogP contribution in [-0.2, 0) is 6.18 Å². The van der Waals surface area contributed by atoms with Crippen molar-refractivity contribution in [3.63, 3.8) is 0 Å². The Morgan fingerprint density at radius 3 is 2.61 bits per heavy atom. The van der Waals surface area contributed by atoms with E-state index in [2.05, 4.69) is 4.98 Å². The molecule has 120 valence electrons. The first-order valence-electron chi connectivity index (χ1n) is 7.35. The van der Waals surface area contributed by atoms with Crippen molar-refractivity contribution in [1.29, 1.82) is 0 Å². The number of aromatic amines is 1. The fraction of sp³-hybridized carbons (Fsp3) is 0.222. The smallest absolute Gasteiger partial charge is 0.361 e. The highest BCUT2D eigenvalue weighted by atomic mass is 19.4. The van der Waals surface area contributed by atoms with E-state index in [-0.39, 0.29) is 12.5 Å². The van der Waals surface area contributed by atoms with Crippen molar-refractivity contribution < 1.29 is 13.2 Å². The van der Waals surface area contributed by atoms with Gasteiger partial charge in [-0.25, -0.2) is 0 Å². The predicted octanol–water partition coefficient (Wildman–Crippen LogP) is 4.59. The van der Waals surface area contributed by atoms with Gasteiger partial charge >= 0.3 is 6.18 Å². The molecule has 0 aliphatic heterocycles. The van der Waals surface area contributed by atoms with Crippen molar-refractivity contribution in [3.05, 3.63) is 70.9 Å². The number of hydrogen-bond donors (Lipinski definition) is 2. The molecular formula is C18H17F3N2. The van der Waals surface area contributed by atoms with Crippen molar-refractivity contribution in [2.24, 2.45) is 5.73 Å². The topological polar surface area (TPSA) is 41.8 Å². The van der Waals surface area contributed by atoms with Crippen LogP contribution in [0.25, 0.3) is 10.9 Å². The second kappa shape index (κ2) is 5.74. The first-order valence-corrected chi connectivity index (χ1v) is 7.35. The minimum absolute atomic E-state index is 0.238. The van der Waals surface area contributed by atoms with Crippen LogP contribution in [0.4, 0.5) is 13.2 Å². The maximum atomic E-state index is 12.9. The molecule has 1 aromatic heterocycles. The minimum atomic E-state index is -4.36. The van der Waals surface area contributed by atoms with Gasteiger partial charge in [-0.1, -0.05) is 29.8 Å². The molecule has 0 aliphatic carbocycles. The zero-order chi connectivity index (χ0) is 16.6. The third-order valence-electron chi connectivity index (χ3n) is 4.10. The van der Waals surface area contributed by atoms with Crippen LogP contribution in [0.15, 0.2) is 48.7 Å². The van der Waals surface area contributed by atoms with Crippen LogP contribution in [0.1, 0.15) is 28.2 Å². The molecule has 3 rings (SSSR count). The third-order valence-corrected chi connectivity index (χ3v) is 4.10. The van der Waals surface area contributed by atoms with Crippen LogP contribution >= 0.6 is 0 Å². The number of hydrogen-bond acceptors (Lipinski definition) is 1. The maximum absolute atomic E-state index is 12.9. The summed E-state index contributed by atoms with van der Waals surface area (Å²) in [6.45, 7) is 2.22. The van der Waals surface area contributed by atoms with Crippen LogP contribution in [-0.4, -0.2) is 11.5 Å². The maximum Gasteiger partial charge on any atom is 0.416 e. The zero-order valence-electron chi connectivity index (χ0n) is 12.6. The summed E-state index contributed by atoms with van der Waals surface area (Å²) in [7, 11) is 0. The van der Waals surface area contributed by atoms with Crippen LogP contribution in [0.3, 0.4) is 0 Å². The van der Waals surface area contributed by atoms with Gasteiger partial charge in [0.05, 0.1) is 5.56 Å². The number of fused-ring (bicyclic) bond motifs is 1. The molecule has 0 aliphatic rings. The van der Waals surface area contributed by atoms with E-state index in [1.807, 2.05) is 31.3 Å². The third kappa shape index (κ3) is 2.97. The van der Waals surface area contributed by atoms with E-state index < -0.39 is 11.7 Å². The highest BCUT2D eigenvalue weighted by Gasteiger charge is 2.31. The van der Waals surface area contributed by atoms with Gasteiger partial charge in [-0.2, -0.15) is 13.2 Å². The Morgan fingerprint density at radius 1 is 1.13 bits per heavy atom. The molecule has 0 saturated heterocycles. The Bertz CT molecular complexity index is 834. The monoisotopic (exact) mass is 318 g/mol. The summed E-state index contributed by atoms with van der Waals surface area (Å²) in [5.41, 5.74) is 8.79. The largest absolute Gasteiger partial charge is 0.416 e. The molecule has 0 bridgehead atoms. The lowest BCUT2D eigenvalue weighted by atomic mass is 9.90. The van der Waals surface area contributed by atoms with Crippen molar-refractivity contribution in [2.45, 2.75) is 19.0 Å². The lowest BCUT2D eigenvalue weighted by molar-refractivity contribution is -0.137. The minimum Gasteiger partial charge on any atom is -0.361 e. The van der Waals surface area contributed by atoms with E-state index in [0.717, 1.165) is 28.1 Å². The molecule has 2 nitrogen and oxygen atoms in total. The summed E-state index contributed by atoms with van der Waals surface area (Å²) < 4.78 is 38.8. The quantitative estimate of drug-likeness (QED) is 0.729. The molecule has 0 spiro atoms. The number of nitrogens with one attached hydrogen (secondary N) is 1. The van der Waals surface area contributed by atoms with Gasteiger partial charge in [-0.3, -0.25) is 0 Å². The second-order valence-electron chi connectivity index (χ2n) is 5.70.